The molecule has 1 aromatic carbocycles. The number of nitrogens with zero attached hydrogens (tertiary/aromatic N) is 5. The maximum Gasteiger partial charge on any atom is 0.426 e. The molecule has 0 aliphatic carbocycles. The van der Waals surface area contributed by atoms with Crippen LogP contribution in [0, 0.1) is 12.8 Å². The van der Waals surface area contributed by atoms with Gasteiger partial charge in [0.15, 0.2) is 5.82 Å². The Morgan fingerprint density at radius 3 is 2.24 bits per heavy atom. The van der Waals surface area contributed by atoms with Crippen LogP contribution in [0.2, 0.25) is 0 Å². The minimum absolute atomic E-state index is 0.00995. The Kier molecular flexibility index (Phi) is 9.76. The van der Waals surface area contributed by atoms with E-state index in [1.165, 1.54) is 16.9 Å². The van der Waals surface area contributed by atoms with Gasteiger partial charge in [-0.15, -0.1) is 0 Å². The third kappa shape index (κ3) is 7.17. The standard InChI is InChI=1S/C30H31F10N7O3/c1-15-2-3-16(22-9-17(24-25(41)42-14-43-47(22)24)11-45-6-4-18(5-7-45)28(32,33)34)8-19(15)26(49)44-21-13-46(12-20(21)31)23(48)10-27(50,29(35,36)37)30(38,39)40/h2-3,8-9,14,18,20-21,50H,4-7,10-13H2,1H3,(H,44,49)(H2,41,42,43)/t20-,21+/m0/s1. The highest BCUT2D eigenvalue weighted by molar-refractivity contribution is 5.97. The number of alkyl halides is 10. The Labute approximate surface area is 277 Å². The number of halogens is 10. The number of likely N-dealkylation sites (tertiary alicyclic amines) is 2. The summed E-state index contributed by atoms with van der Waals surface area (Å²) in [6.45, 7) is 0.456. The Bertz CT molecular complexity index is 1740. The van der Waals surface area contributed by atoms with Gasteiger partial charge in [0.1, 0.15) is 18.0 Å². The summed E-state index contributed by atoms with van der Waals surface area (Å²) in [5.74, 6) is -3.98. The molecule has 0 radical (unpaired) electrons. The van der Waals surface area contributed by atoms with E-state index in [1.807, 2.05) is 4.90 Å². The SMILES string of the molecule is Cc1ccc(-c2cc(CN3CCC(C(F)(F)F)CC3)c3c(N)ncnn23)cc1C(=O)N[C@@H]1CN(C(=O)CC(O)(C(F)(F)F)C(F)(F)F)C[C@@H]1F. The molecule has 0 unspecified atom stereocenters. The first-order valence-corrected chi connectivity index (χ1v) is 15.2. The van der Waals surface area contributed by atoms with Crippen molar-refractivity contribution in [3.8, 4) is 11.3 Å². The van der Waals surface area contributed by atoms with Crippen LogP contribution in [0.5, 0.6) is 0 Å². The number of nitrogens with one attached hydrogen (secondary N) is 1. The lowest BCUT2D eigenvalue weighted by atomic mass is 9.96. The van der Waals surface area contributed by atoms with Crippen LogP contribution in [0.1, 0.15) is 40.7 Å². The van der Waals surface area contributed by atoms with Crippen LogP contribution in [0.3, 0.4) is 0 Å². The molecule has 4 heterocycles. The molecule has 0 bridgehead atoms. The number of nitrogen functional groups attached to an aromatic ring is 1. The van der Waals surface area contributed by atoms with Gasteiger partial charge in [-0.25, -0.2) is 13.9 Å². The van der Waals surface area contributed by atoms with Crippen LogP contribution in [0.15, 0.2) is 30.6 Å². The van der Waals surface area contributed by atoms with E-state index in [9.17, 15) is 58.6 Å². The molecule has 5 rings (SSSR count). The number of rotatable bonds is 7. The Morgan fingerprint density at radius 2 is 1.64 bits per heavy atom. The molecule has 274 valence electrons. The molecule has 0 saturated carbocycles. The van der Waals surface area contributed by atoms with Crippen LogP contribution < -0.4 is 11.1 Å². The zero-order valence-corrected chi connectivity index (χ0v) is 26.1. The topological polar surface area (TPSA) is 129 Å². The number of benzene rings is 1. The third-order valence-electron chi connectivity index (χ3n) is 9.15. The van der Waals surface area contributed by atoms with E-state index < -0.39 is 73.6 Å². The predicted molar refractivity (Wildman–Crippen MR) is 156 cm³/mol. The number of anilines is 1. The molecule has 4 N–H and O–H groups in total. The Morgan fingerprint density at radius 1 is 1.00 bits per heavy atom. The summed E-state index contributed by atoms with van der Waals surface area (Å²) in [7, 11) is 0. The van der Waals surface area contributed by atoms with Gasteiger partial charge in [0.05, 0.1) is 30.6 Å². The highest BCUT2D eigenvalue weighted by Crippen LogP contribution is 2.45. The second kappa shape index (κ2) is 13.2. The second-order valence-electron chi connectivity index (χ2n) is 12.5. The number of aliphatic hydroxyl groups is 1. The average molecular weight is 728 g/mol. The minimum atomic E-state index is -6.25. The van der Waals surface area contributed by atoms with Crippen molar-refractivity contribution in [2.24, 2.45) is 5.92 Å². The summed E-state index contributed by atoms with van der Waals surface area (Å²) < 4.78 is 134. The summed E-state index contributed by atoms with van der Waals surface area (Å²) in [4.78, 5) is 32.0. The quantitative estimate of drug-likeness (QED) is 0.304. The molecule has 2 aliphatic rings. The van der Waals surface area contributed by atoms with Crippen LogP contribution in [0.4, 0.5) is 49.7 Å². The van der Waals surface area contributed by atoms with Gasteiger partial charge in [-0.2, -0.15) is 44.6 Å². The number of nitrogens with two attached hydrogens (primary N) is 1. The Balaban J connectivity index is 1.34. The lowest BCUT2D eigenvalue weighted by Gasteiger charge is -2.32. The smallest absolute Gasteiger partial charge is 0.382 e. The summed E-state index contributed by atoms with van der Waals surface area (Å²) in [5.41, 5.74) is 3.04. The number of hydrogen-bond donors (Lipinski definition) is 3. The molecule has 2 amide bonds. The van der Waals surface area contributed by atoms with Crippen molar-refractivity contribution in [2.75, 3.05) is 31.9 Å². The summed E-state index contributed by atoms with van der Waals surface area (Å²) >= 11 is 0. The van der Waals surface area contributed by atoms with Gasteiger partial charge in [0, 0.05) is 24.2 Å². The molecule has 2 atom stereocenters. The van der Waals surface area contributed by atoms with Crippen LogP contribution >= 0.6 is 0 Å². The third-order valence-corrected chi connectivity index (χ3v) is 9.15. The van der Waals surface area contributed by atoms with Crippen molar-refractivity contribution in [3.63, 3.8) is 0 Å². The zero-order valence-electron chi connectivity index (χ0n) is 26.1. The molecule has 2 aromatic heterocycles. The molecule has 2 saturated heterocycles. The molecule has 10 nitrogen and oxygen atoms in total. The van der Waals surface area contributed by atoms with Crippen LogP contribution in [0.25, 0.3) is 16.8 Å². The highest BCUT2D eigenvalue weighted by Gasteiger charge is 2.71. The highest BCUT2D eigenvalue weighted by atomic mass is 19.4. The normalized spacial score (nSPS) is 20.1. The van der Waals surface area contributed by atoms with Crippen molar-refractivity contribution >= 4 is 23.1 Å². The van der Waals surface area contributed by atoms with E-state index in [2.05, 4.69) is 15.4 Å². The summed E-state index contributed by atoms with van der Waals surface area (Å²) in [6, 6.07) is 4.82. The van der Waals surface area contributed by atoms with E-state index in [1.54, 1.807) is 25.1 Å². The molecular formula is C30H31F10N7O3. The monoisotopic (exact) mass is 727 g/mol. The van der Waals surface area contributed by atoms with Gasteiger partial charge in [-0.1, -0.05) is 12.1 Å². The van der Waals surface area contributed by atoms with Crippen molar-refractivity contribution in [1.29, 1.82) is 0 Å². The second-order valence-corrected chi connectivity index (χ2v) is 12.5. The number of aryl methyl sites for hydroxylation is 1. The number of piperidine rings is 1. The fourth-order valence-electron chi connectivity index (χ4n) is 6.20. The molecule has 2 aliphatic heterocycles. The van der Waals surface area contributed by atoms with Crippen LogP contribution in [-0.4, -0.2) is 104 Å². The lowest BCUT2D eigenvalue weighted by Crippen LogP contribution is -2.59. The molecule has 20 heteroatoms. The predicted octanol–water partition coefficient (Wildman–Crippen LogP) is 4.59. The van der Waals surface area contributed by atoms with E-state index >= 15 is 0 Å². The number of carbonyl (C=O) groups is 2. The summed E-state index contributed by atoms with van der Waals surface area (Å²) in [5, 5.41) is 16.0. The fourth-order valence-corrected chi connectivity index (χ4v) is 6.20. The largest absolute Gasteiger partial charge is 0.426 e. The molecule has 0 spiro atoms. The minimum Gasteiger partial charge on any atom is -0.382 e. The van der Waals surface area contributed by atoms with Crippen molar-refractivity contribution < 1.29 is 58.6 Å². The molecular weight excluding hydrogens is 696 g/mol. The van der Waals surface area contributed by atoms with Gasteiger partial charge < -0.3 is 21.1 Å². The van der Waals surface area contributed by atoms with Gasteiger partial charge >= 0.3 is 18.5 Å². The first-order chi connectivity index (χ1) is 23.1. The summed E-state index contributed by atoms with van der Waals surface area (Å²) in [6.07, 6.45) is -20.2. The first-order valence-electron chi connectivity index (χ1n) is 15.2. The van der Waals surface area contributed by atoms with Crippen molar-refractivity contribution in [3.05, 3.63) is 47.3 Å². The maximum atomic E-state index is 14.9. The molecule has 50 heavy (non-hydrogen) atoms. The Hall–Kier alpha value is -4.20. The number of fused-ring (bicyclic) bond motifs is 1. The zero-order chi connectivity index (χ0) is 37.0. The van der Waals surface area contributed by atoms with Crippen molar-refractivity contribution in [2.45, 2.75) is 69.1 Å². The van der Waals surface area contributed by atoms with Gasteiger partial charge in [-0.3, -0.25) is 14.5 Å². The fraction of sp³-hybridized carbons (Fsp3) is 0.533. The van der Waals surface area contributed by atoms with E-state index in [0.717, 1.165) is 0 Å². The van der Waals surface area contributed by atoms with Crippen molar-refractivity contribution in [1.82, 2.24) is 29.7 Å². The maximum absolute atomic E-state index is 14.9. The molecule has 3 aromatic rings. The number of aromatic nitrogens is 3. The number of carbonyl (C=O) groups excluding carboxylic acids is 2. The van der Waals surface area contributed by atoms with Gasteiger partial charge in [0.2, 0.25) is 5.91 Å². The number of hydrogen-bond acceptors (Lipinski definition) is 7. The van der Waals surface area contributed by atoms with E-state index in [4.69, 9.17) is 5.73 Å². The first kappa shape index (κ1) is 37.1. The molecule has 2 fully saturated rings. The van der Waals surface area contributed by atoms with E-state index in [0.29, 0.717) is 32.8 Å². The van der Waals surface area contributed by atoms with Crippen LogP contribution in [-0.2, 0) is 11.3 Å². The van der Waals surface area contributed by atoms with E-state index in [-0.39, 0.29) is 43.9 Å². The lowest BCUT2D eigenvalue weighted by molar-refractivity contribution is -0.367. The number of amides is 2. The average Bonchev–Trinajstić information content (AvgIpc) is 3.56. The van der Waals surface area contributed by atoms with Gasteiger partial charge in [0.25, 0.3) is 11.5 Å². The van der Waals surface area contributed by atoms with Gasteiger partial charge in [-0.05, 0) is 56.1 Å².